The average molecular weight is 298 g/mol. The van der Waals surface area contributed by atoms with Crippen molar-refractivity contribution in [3.63, 3.8) is 0 Å². The third-order valence-corrected chi connectivity index (χ3v) is 3.54. The molecular formula is C18H18O4. The van der Waals surface area contributed by atoms with E-state index in [2.05, 4.69) is 0 Å². The van der Waals surface area contributed by atoms with Gasteiger partial charge >= 0.3 is 0 Å². The molecule has 0 aromatic heterocycles. The maximum absolute atomic E-state index is 10.7. The third-order valence-electron chi connectivity index (χ3n) is 3.54. The van der Waals surface area contributed by atoms with Crippen LogP contribution in [0.1, 0.15) is 28.9 Å². The second-order valence-electron chi connectivity index (χ2n) is 5.26. The highest BCUT2D eigenvalue weighted by atomic mass is 16.6. The zero-order valence-electron chi connectivity index (χ0n) is 12.4. The number of rotatable bonds is 7. The number of hydrogen-bond donors (Lipinski definition) is 0. The standard InChI is InChI=1S/C18H18O4/c1-13(20-11-16-12-21-16)17-4-2-3-5-18(17)22-15-8-6-14(10-19)7-9-15/h2-10,13,16H,11-12H2,1H3/t13-,16+/m1/s1. The molecule has 2 aromatic rings. The van der Waals surface area contributed by atoms with Crippen molar-refractivity contribution in [2.24, 2.45) is 0 Å². The first kappa shape index (κ1) is 14.8. The molecule has 0 saturated carbocycles. The number of para-hydroxylation sites is 1. The number of ether oxygens (including phenoxy) is 3. The zero-order valence-corrected chi connectivity index (χ0v) is 12.4. The third kappa shape index (κ3) is 3.72. The summed E-state index contributed by atoms with van der Waals surface area (Å²) < 4.78 is 16.9. The Kier molecular flexibility index (Phi) is 4.51. The van der Waals surface area contributed by atoms with Gasteiger partial charge in [-0.25, -0.2) is 0 Å². The monoisotopic (exact) mass is 298 g/mol. The molecule has 0 amide bonds. The minimum atomic E-state index is -0.0744. The molecule has 0 N–H and O–H groups in total. The second kappa shape index (κ2) is 6.73. The van der Waals surface area contributed by atoms with Gasteiger partial charge in [-0.05, 0) is 37.3 Å². The van der Waals surface area contributed by atoms with Gasteiger partial charge in [0.1, 0.15) is 23.9 Å². The van der Waals surface area contributed by atoms with E-state index in [0.29, 0.717) is 17.9 Å². The van der Waals surface area contributed by atoms with Crippen molar-refractivity contribution in [2.45, 2.75) is 19.1 Å². The van der Waals surface area contributed by atoms with Crippen LogP contribution < -0.4 is 4.74 Å². The van der Waals surface area contributed by atoms with Crippen LogP contribution in [0.2, 0.25) is 0 Å². The molecular weight excluding hydrogens is 280 g/mol. The van der Waals surface area contributed by atoms with Crippen LogP contribution in [0, 0.1) is 0 Å². The molecule has 0 spiro atoms. The first-order valence-electron chi connectivity index (χ1n) is 7.31. The van der Waals surface area contributed by atoms with Crippen LogP contribution in [0.4, 0.5) is 0 Å². The van der Waals surface area contributed by atoms with Crippen LogP contribution in [0.25, 0.3) is 0 Å². The Morgan fingerprint density at radius 3 is 2.64 bits per heavy atom. The quantitative estimate of drug-likeness (QED) is 0.576. The lowest BCUT2D eigenvalue weighted by atomic mass is 10.1. The van der Waals surface area contributed by atoms with Crippen molar-refractivity contribution in [1.82, 2.24) is 0 Å². The number of benzene rings is 2. The highest BCUT2D eigenvalue weighted by molar-refractivity contribution is 5.74. The molecule has 0 aliphatic carbocycles. The summed E-state index contributed by atoms with van der Waals surface area (Å²) in [7, 11) is 0. The van der Waals surface area contributed by atoms with Gasteiger partial charge in [-0.15, -0.1) is 0 Å². The molecule has 1 aliphatic heterocycles. The van der Waals surface area contributed by atoms with E-state index in [9.17, 15) is 4.79 Å². The second-order valence-corrected chi connectivity index (χ2v) is 5.26. The van der Waals surface area contributed by atoms with E-state index in [1.54, 1.807) is 24.3 Å². The van der Waals surface area contributed by atoms with E-state index >= 15 is 0 Å². The van der Waals surface area contributed by atoms with E-state index in [1.165, 1.54) is 0 Å². The Labute approximate surface area is 129 Å². The van der Waals surface area contributed by atoms with Crippen molar-refractivity contribution in [3.05, 3.63) is 59.7 Å². The molecule has 0 bridgehead atoms. The molecule has 4 heteroatoms. The molecule has 1 saturated heterocycles. The summed E-state index contributed by atoms with van der Waals surface area (Å²) in [6.07, 6.45) is 0.981. The lowest BCUT2D eigenvalue weighted by Crippen LogP contribution is -2.07. The van der Waals surface area contributed by atoms with Crippen LogP contribution in [-0.4, -0.2) is 25.6 Å². The molecule has 3 rings (SSSR count). The molecule has 1 heterocycles. The lowest BCUT2D eigenvalue weighted by Gasteiger charge is -2.17. The first-order chi connectivity index (χ1) is 10.8. The Hall–Kier alpha value is -2.17. The molecule has 0 radical (unpaired) electrons. The Morgan fingerprint density at radius 2 is 1.95 bits per heavy atom. The van der Waals surface area contributed by atoms with Gasteiger partial charge in [-0.1, -0.05) is 18.2 Å². The summed E-state index contributed by atoms with van der Waals surface area (Å²) in [6.45, 7) is 3.39. The van der Waals surface area contributed by atoms with E-state index in [0.717, 1.165) is 24.2 Å². The fourth-order valence-corrected chi connectivity index (χ4v) is 2.16. The summed E-state index contributed by atoms with van der Waals surface area (Å²) in [5.74, 6) is 1.45. The highest BCUT2D eigenvalue weighted by Gasteiger charge is 2.24. The van der Waals surface area contributed by atoms with Gasteiger partial charge in [-0.2, -0.15) is 0 Å². The van der Waals surface area contributed by atoms with Crippen molar-refractivity contribution < 1.29 is 19.0 Å². The van der Waals surface area contributed by atoms with Gasteiger partial charge < -0.3 is 14.2 Å². The largest absolute Gasteiger partial charge is 0.457 e. The molecule has 1 aliphatic rings. The summed E-state index contributed by atoms with van der Waals surface area (Å²) >= 11 is 0. The molecule has 22 heavy (non-hydrogen) atoms. The molecule has 0 unspecified atom stereocenters. The summed E-state index contributed by atoms with van der Waals surface area (Å²) in [5, 5.41) is 0. The van der Waals surface area contributed by atoms with Gasteiger partial charge in [-0.3, -0.25) is 4.79 Å². The van der Waals surface area contributed by atoms with E-state index in [4.69, 9.17) is 14.2 Å². The number of carbonyl (C=O) groups excluding carboxylic acids is 1. The molecule has 4 nitrogen and oxygen atoms in total. The number of carbonyl (C=O) groups is 1. The maximum Gasteiger partial charge on any atom is 0.150 e. The van der Waals surface area contributed by atoms with Gasteiger partial charge in [0.25, 0.3) is 0 Å². The summed E-state index contributed by atoms with van der Waals surface area (Å²) in [4.78, 5) is 10.7. The van der Waals surface area contributed by atoms with E-state index in [1.807, 2.05) is 31.2 Å². The Bertz CT molecular complexity index is 632. The first-order valence-corrected chi connectivity index (χ1v) is 7.31. The van der Waals surface area contributed by atoms with Gasteiger partial charge in [0.15, 0.2) is 0 Å². The van der Waals surface area contributed by atoms with Crippen molar-refractivity contribution in [2.75, 3.05) is 13.2 Å². The molecule has 2 aromatic carbocycles. The minimum Gasteiger partial charge on any atom is -0.457 e. The molecule has 114 valence electrons. The Morgan fingerprint density at radius 1 is 1.23 bits per heavy atom. The number of epoxide rings is 1. The normalized spacial score (nSPS) is 17.8. The zero-order chi connectivity index (χ0) is 15.4. The molecule has 2 atom stereocenters. The predicted octanol–water partition coefficient (Wildman–Crippen LogP) is 3.77. The predicted molar refractivity (Wildman–Crippen MR) is 82.5 cm³/mol. The van der Waals surface area contributed by atoms with Crippen LogP contribution in [0.5, 0.6) is 11.5 Å². The summed E-state index contributed by atoms with van der Waals surface area (Å²) in [5.41, 5.74) is 1.62. The van der Waals surface area contributed by atoms with E-state index in [-0.39, 0.29) is 12.2 Å². The minimum absolute atomic E-state index is 0.0744. The molecule has 1 fully saturated rings. The fourth-order valence-electron chi connectivity index (χ4n) is 2.16. The fraction of sp³-hybridized carbons (Fsp3) is 0.278. The van der Waals surface area contributed by atoms with Crippen molar-refractivity contribution in [3.8, 4) is 11.5 Å². The van der Waals surface area contributed by atoms with Gasteiger partial charge in [0.05, 0.1) is 19.3 Å². The SMILES string of the molecule is C[C@@H](OC[C@H]1CO1)c1ccccc1Oc1ccc(C=O)cc1. The van der Waals surface area contributed by atoms with E-state index < -0.39 is 0 Å². The smallest absolute Gasteiger partial charge is 0.150 e. The maximum atomic E-state index is 10.7. The van der Waals surface area contributed by atoms with Gasteiger partial charge in [0, 0.05) is 11.1 Å². The van der Waals surface area contributed by atoms with Crippen molar-refractivity contribution in [1.29, 1.82) is 0 Å². The number of hydrogen-bond acceptors (Lipinski definition) is 4. The summed E-state index contributed by atoms with van der Waals surface area (Å²) in [6, 6.07) is 14.8. The Balaban J connectivity index is 1.72. The highest BCUT2D eigenvalue weighted by Crippen LogP contribution is 2.31. The average Bonchev–Trinajstić information content (AvgIpc) is 3.38. The lowest BCUT2D eigenvalue weighted by molar-refractivity contribution is 0.0527. The van der Waals surface area contributed by atoms with Crippen LogP contribution in [0.3, 0.4) is 0 Å². The van der Waals surface area contributed by atoms with Gasteiger partial charge in [0.2, 0.25) is 0 Å². The van der Waals surface area contributed by atoms with Crippen LogP contribution in [-0.2, 0) is 9.47 Å². The van der Waals surface area contributed by atoms with Crippen molar-refractivity contribution >= 4 is 6.29 Å². The topological polar surface area (TPSA) is 48.1 Å². The van der Waals surface area contributed by atoms with Crippen LogP contribution >= 0.6 is 0 Å². The number of aldehydes is 1. The van der Waals surface area contributed by atoms with Crippen LogP contribution in [0.15, 0.2) is 48.5 Å².